The third-order valence-corrected chi connectivity index (χ3v) is 1.38. The second-order valence-electron chi connectivity index (χ2n) is 2.20. The van der Waals surface area contributed by atoms with Gasteiger partial charge in [-0.3, -0.25) is 4.98 Å². The summed E-state index contributed by atoms with van der Waals surface area (Å²) in [5, 5.41) is 8.68. The van der Waals surface area contributed by atoms with Crippen molar-refractivity contribution >= 4 is 0 Å². The molecule has 1 aromatic heterocycles. The van der Waals surface area contributed by atoms with Crippen LogP contribution in [0.25, 0.3) is 0 Å². The van der Waals surface area contributed by atoms with Crippen molar-refractivity contribution in [3.63, 3.8) is 0 Å². The zero-order valence-corrected chi connectivity index (χ0v) is 7.24. The number of pyridine rings is 1. The van der Waals surface area contributed by atoms with E-state index in [2.05, 4.69) is 16.8 Å². The van der Waals surface area contributed by atoms with Crippen LogP contribution >= 0.6 is 0 Å². The zero-order valence-electron chi connectivity index (χ0n) is 7.24. The van der Waals surface area contributed by atoms with Gasteiger partial charge in [-0.15, -0.1) is 5.92 Å². The molecule has 0 unspecified atom stereocenters. The van der Waals surface area contributed by atoms with Crippen LogP contribution in [0.3, 0.4) is 0 Å². The van der Waals surface area contributed by atoms with Gasteiger partial charge < -0.3 is 4.74 Å². The fourth-order valence-corrected chi connectivity index (χ4v) is 0.773. The van der Waals surface area contributed by atoms with Gasteiger partial charge in [-0.1, -0.05) is 5.92 Å². The Bertz CT molecular complexity index is 382. The summed E-state index contributed by atoms with van der Waals surface area (Å²) in [5.41, 5.74) is 0.480. The molecule has 0 amide bonds. The third kappa shape index (κ3) is 2.50. The number of rotatable bonds is 2. The molecule has 0 aliphatic rings. The minimum absolute atomic E-state index is 0.289. The van der Waals surface area contributed by atoms with Crippen molar-refractivity contribution in [2.45, 2.75) is 6.92 Å². The van der Waals surface area contributed by atoms with Gasteiger partial charge in [0.1, 0.15) is 12.7 Å². The van der Waals surface area contributed by atoms with Crippen LogP contribution in [-0.2, 0) is 0 Å². The lowest BCUT2D eigenvalue weighted by Gasteiger charge is -2.01. The molecular weight excluding hydrogens is 164 g/mol. The number of hydrogen-bond donors (Lipinski definition) is 0. The summed E-state index contributed by atoms with van der Waals surface area (Å²) in [7, 11) is 0. The topological polar surface area (TPSA) is 45.9 Å². The van der Waals surface area contributed by atoms with Gasteiger partial charge in [0, 0.05) is 6.20 Å². The zero-order chi connectivity index (χ0) is 9.52. The molecule has 0 aliphatic carbocycles. The number of aromatic nitrogens is 1. The SMILES string of the molecule is CC#CCOc1cnccc1C#N. The fraction of sp³-hybridized carbons (Fsp3) is 0.200. The Kier molecular flexibility index (Phi) is 3.35. The summed E-state index contributed by atoms with van der Waals surface area (Å²) in [6.07, 6.45) is 3.06. The Morgan fingerprint density at radius 1 is 1.62 bits per heavy atom. The van der Waals surface area contributed by atoms with E-state index < -0.39 is 0 Å². The lowest BCUT2D eigenvalue weighted by atomic mass is 10.3. The molecule has 3 heteroatoms. The van der Waals surface area contributed by atoms with Crippen LogP contribution in [0, 0.1) is 23.2 Å². The third-order valence-electron chi connectivity index (χ3n) is 1.38. The first kappa shape index (κ1) is 9.09. The minimum Gasteiger partial charge on any atom is -0.478 e. The molecule has 3 nitrogen and oxygen atoms in total. The maximum absolute atomic E-state index is 8.68. The van der Waals surface area contributed by atoms with Crippen molar-refractivity contribution < 1.29 is 4.74 Å². The van der Waals surface area contributed by atoms with Gasteiger partial charge in [0.2, 0.25) is 0 Å². The van der Waals surface area contributed by atoms with E-state index in [4.69, 9.17) is 10.00 Å². The predicted octanol–water partition coefficient (Wildman–Crippen LogP) is 1.36. The van der Waals surface area contributed by atoms with Gasteiger partial charge in [0.25, 0.3) is 0 Å². The highest BCUT2D eigenvalue weighted by Gasteiger charge is 2.00. The molecular formula is C10H8N2O. The van der Waals surface area contributed by atoms with Crippen LogP contribution in [0.2, 0.25) is 0 Å². The van der Waals surface area contributed by atoms with Crippen molar-refractivity contribution in [2.24, 2.45) is 0 Å². The van der Waals surface area contributed by atoms with Gasteiger partial charge in [-0.25, -0.2) is 0 Å². The van der Waals surface area contributed by atoms with E-state index in [1.165, 1.54) is 6.20 Å². The molecule has 0 saturated heterocycles. The summed E-state index contributed by atoms with van der Waals surface area (Å²) >= 11 is 0. The molecule has 1 rings (SSSR count). The lowest BCUT2D eigenvalue weighted by molar-refractivity contribution is 0.367. The second kappa shape index (κ2) is 4.79. The monoisotopic (exact) mass is 172 g/mol. The molecule has 0 aromatic carbocycles. The summed E-state index contributed by atoms with van der Waals surface area (Å²) in [4.78, 5) is 3.85. The van der Waals surface area contributed by atoms with Crippen LogP contribution < -0.4 is 4.74 Å². The van der Waals surface area contributed by atoms with Crippen molar-refractivity contribution in [1.29, 1.82) is 5.26 Å². The Balaban J connectivity index is 2.75. The molecule has 0 saturated carbocycles. The van der Waals surface area contributed by atoms with Gasteiger partial charge in [-0.05, 0) is 13.0 Å². The second-order valence-corrected chi connectivity index (χ2v) is 2.20. The number of ether oxygens (including phenoxy) is 1. The summed E-state index contributed by atoms with van der Waals surface area (Å²) in [6, 6.07) is 3.62. The predicted molar refractivity (Wildman–Crippen MR) is 47.9 cm³/mol. The molecule has 1 aromatic rings. The van der Waals surface area contributed by atoms with E-state index in [0.29, 0.717) is 11.3 Å². The highest BCUT2D eigenvalue weighted by molar-refractivity contribution is 5.40. The average molecular weight is 172 g/mol. The smallest absolute Gasteiger partial charge is 0.156 e. The quantitative estimate of drug-likeness (QED) is 0.632. The Morgan fingerprint density at radius 2 is 2.46 bits per heavy atom. The number of nitriles is 1. The molecule has 0 bridgehead atoms. The van der Waals surface area contributed by atoms with Gasteiger partial charge in [0.05, 0.1) is 11.8 Å². The largest absolute Gasteiger partial charge is 0.478 e. The summed E-state index contributed by atoms with van der Waals surface area (Å²) < 4.78 is 5.21. The summed E-state index contributed by atoms with van der Waals surface area (Å²) in [5.74, 6) is 5.92. The Hall–Kier alpha value is -2.00. The van der Waals surface area contributed by atoms with E-state index in [-0.39, 0.29) is 6.61 Å². The van der Waals surface area contributed by atoms with Crippen LogP contribution in [-0.4, -0.2) is 11.6 Å². The first-order valence-electron chi connectivity index (χ1n) is 3.75. The maximum atomic E-state index is 8.68. The van der Waals surface area contributed by atoms with Crippen LogP contribution in [0.1, 0.15) is 12.5 Å². The summed E-state index contributed by atoms with van der Waals surface area (Å²) in [6.45, 7) is 2.02. The van der Waals surface area contributed by atoms with E-state index in [1.807, 2.05) is 6.07 Å². The normalized spacial score (nSPS) is 8.00. The molecule has 1 heterocycles. The van der Waals surface area contributed by atoms with Crippen LogP contribution in [0.4, 0.5) is 0 Å². The maximum Gasteiger partial charge on any atom is 0.156 e. The van der Waals surface area contributed by atoms with Crippen molar-refractivity contribution in [2.75, 3.05) is 6.61 Å². The number of hydrogen-bond acceptors (Lipinski definition) is 3. The average Bonchev–Trinajstić information content (AvgIpc) is 2.19. The highest BCUT2D eigenvalue weighted by atomic mass is 16.5. The molecule has 0 aliphatic heterocycles. The molecule has 0 N–H and O–H groups in total. The Morgan fingerprint density at radius 3 is 3.15 bits per heavy atom. The molecule has 0 atom stereocenters. The van der Waals surface area contributed by atoms with Crippen molar-refractivity contribution in [3.8, 4) is 23.7 Å². The van der Waals surface area contributed by atoms with E-state index in [1.54, 1.807) is 19.2 Å². The minimum atomic E-state index is 0.289. The molecule has 0 radical (unpaired) electrons. The van der Waals surface area contributed by atoms with E-state index in [0.717, 1.165) is 0 Å². The highest BCUT2D eigenvalue weighted by Crippen LogP contribution is 2.14. The van der Waals surface area contributed by atoms with Crippen LogP contribution in [0.5, 0.6) is 5.75 Å². The van der Waals surface area contributed by atoms with Crippen molar-refractivity contribution in [1.82, 2.24) is 4.98 Å². The Labute approximate surface area is 77.0 Å². The first-order valence-corrected chi connectivity index (χ1v) is 3.75. The number of nitrogens with zero attached hydrogens (tertiary/aromatic N) is 2. The van der Waals surface area contributed by atoms with Crippen molar-refractivity contribution in [3.05, 3.63) is 24.0 Å². The van der Waals surface area contributed by atoms with Crippen LogP contribution in [0.15, 0.2) is 18.5 Å². The molecule has 0 fully saturated rings. The fourth-order valence-electron chi connectivity index (χ4n) is 0.773. The molecule has 0 spiro atoms. The molecule has 64 valence electrons. The van der Waals surface area contributed by atoms with Gasteiger partial charge in [-0.2, -0.15) is 5.26 Å². The van der Waals surface area contributed by atoms with E-state index >= 15 is 0 Å². The van der Waals surface area contributed by atoms with E-state index in [9.17, 15) is 0 Å². The molecule has 13 heavy (non-hydrogen) atoms. The first-order chi connectivity index (χ1) is 6.38. The lowest BCUT2D eigenvalue weighted by Crippen LogP contribution is -1.96. The van der Waals surface area contributed by atoms with Gasteiger partial charge >= 0.3 is 0 Å². The standard InChI is InChI=1S/C10H8N2O/c1-2-3-6-13-10-8-12-5-4-9(10)7-11/h4-5,8H,6H2,1H3. The van der Waals surface area contributed by atoms with Gasteiger partial charge in [0.15, 0.2) is 5.75 Å².